The lowest BCUT2D eigenvalue weighted by Gasteiger charge is -1.86. The van der Waals surface area contributed by atoms with E-state index in [2.05, 4.69) is 0 Å². The Kier molecular flexibility index (Phi) is 2.12. The number of hydrogen-bond donors (Lipinski definition) is 1. The first-order valence-electron chi connectivity index (χ1n) is 2.11. The topological polar surface area (TPSA) is 43.1 Å². The van der Waals surface area contributed by atoms with E-state index in [-0.39, 0.29) is 5.78 Å². The molecule has 0 aromatic rings. The number of carbonyl (C=O) groups is 1. The molecule has 2 N–H and O–H groups in total. The van der Waals surface area contributed by atoms with Gasteiger partial charge in [-0.25, -0.2) is 0 Å². The number of hydrogen-bond acceptors (Lipinski definition) is 2. The van der Waals surface area contributed by atoms with Gasteiger partial charge in [0.25, 0.3) is 0 Å². The number of carbonyl (C=O) groups excluding carboxylic acids is 1. The zero-order valence-corrected chi connectivity index (χ0v) is 4.56. The van der Waals surface area contributed by atoms with Gasteiger partial charge < -0.3 is 5.73 Å². The molecule has 0 aliphatic carbocycles. The highest BCUT2D eigenvalue weighted by atomic mass is 16.1. The first kappa shape index (κ1) is 6.21. The SMILES string of the molecule is C/C=C(\N)C(C)=O. The van der Waals surface area contributed by atoms with E-state index in [4.69, 9.17) is 5.73 Å². The minimum atomic E-state index is -0.0671. The van der Waals surface area contributed by atoms with Gasteiger partial charge in [-0.05, 0) is 6.92 Å². The van der Waals surface area contributed by atoms with Crippen LogP contribution in [0.1, 0.15) is 13.8 Å². The number of nitrogens with two attached hydrogens (primary N) is 1. The third-order valence-electron chi connectivity index (χ3n) is 0.718. The van der Waals surface area contributed by atoms with Crippen molar-refractivity contribution in [1.82, 2.24) is 0 Å². The van der Waals surface area contributed by atoms with Crippen molar-refractivity contribution < 1.29 is 4.79 Å². The summed E-state index contributed by atoms with van der Waals surface area (Å²) in [5.74, 6) is -0.0671. The molecule has 0 bridgehead atoms. The first-order valence-corrected chi connectivity index (χ1v) is 2.11. The van der Waals surface area contributed by atoms with Crippen molar-refractivity contribution in [2.75, 3.05) is 0 Å². The Balaban J connectivity index is 3.82. The fourth-order valence-corrected chi connectivity index (χ4v) is 0.203. The Hall–Kier alpha value is -0.790. The molecular formula is C5H9NO. The summed E-state index contributed by atoms with van der Waals surface area (Å²) in [6.07, 6.45) is 1.59. The molecule has 0 heterocycles. The lowest BCUT2D eigenvalue weighted by atomic mass is 10.3. The van der Waals surface area contributed by atoms with Crippen molar-refractivity contribution in [1.29, 1.82) is 0 Å². The monoisotopic (exact) mass is 99.1 g/mol. The standard InChI is InChI=1S/C5H9NO/c1-3-5(6)4(2)7/h3H,6H2,1-2H3/b5-3-. The summed E-state index contributed by atoms with van der Waals surface area (Å²) in [6, 6.07) is 0. The lowest BCUT2D eigenvalue weighted by molar-refractivity contribution is -0.113. The van der Waals surface area contributed by atoms with E-state index in [1.54, 1.807) is 13.0 Å². The van der Waals surface area contributed by atoms with E-state index < -0.39 is 0 Å². The Bertz CT molecular complexity index is 105. The van der Waals surface area contributed by atoms with Crippen LogP contribution in [0.15, 0.2) is 11.8 Å². The van der Waals surface area contributed by atoms with Gasteiger partial charge in [0.15, 0.2) is 5.78 Å². The zero-order valence-electron chi connectivity index (χ0n) is 4.56. The normalized spacial score (nSPS) is 11.4. The summed E-state index contributed by atoms with van der Waals surface area (Å²) in [5.41, 5.74) is 5.46. The van der Waals surface area contributed by atoms with Crippen molar-refractivity contribution in [2.24, 2.45) is 5.73 Å². The van der Waals surface area contributed by atoms with Crippen LogP contribution in [0.25, 0.3) is 0 Å². The minimum Gasteiger partial charge on any atom is -0.396 e. The van der Waals surface area contributed by atoms with Crippen LogP contribution in [-0.2, 0) is 4.79 Å². The first-order chi connectivity index (χ1) is 3.18. The Morgan fingerprint density at radius 2 is 2.14 bits per heavy atom. The molecule has 0 saturated heterocycles. The molecule has 0 aromatic carbocycles. The van der Waals surface area contributed by atoms with E-state index in [1.165, 1.54) is 6.92 Å². The van der Waals surface area contributed by atoms with Crippen LogP contribution in [0.5, 0.6) is 0 Å². The average molecular weight is 99.1 g/mol. The number of Topliss-reactive ketones (excluding diaryl/α,β-unsaturated/α-hetero) is 1. The Morgan fingerprint density at radius 3 is 2.14 bits per heavy atom. The van der Waals surface area contributed by atoms with Gasteiger partial charge in [-0.15, -0.1) is 0 Å². The van der Waals surface area contributed by atoms with E-state index in [9.17, 15) is 4.79 Å². The highest BCUT2D eigenvalue weighted by Gasteiger charge is 1.90. The van der Waals surface area contributed by atoms with Crippen LogP contribution in [0.2, 0.25) is 0 Å². The van der Waals surface area contributed by atoms with Crippen molar-refractivity contribution in [2.45, 2.75) is 13.8 Å². The molecule has 0 radical (unpaired) electrons. The minimum absolute atomic E-state index is 0.0671. The number of allylic oxidation sites excluding steroid dienone is 2. The quantitative estimate of drug-likeness (QED) is 0.484. The van der Waals surface area contributed by atoms with Gasteiger partial charge in [0, 0.05) is 6.92 Å². The second kappa shape index (κ2) is 2.39. The molecule has 0 unspecified atom stereocenters. The van der Waals surface area contributed by atoms with Crippen LogP contribution in [0.3, 0.4) is 0 Å². The summed E-state index contributed by atoms with van der Waals surface area (Å²) in [4.78, 5) is 10.2. The molecule has 0 aromatic heterocycles. The molecule has 0 fully saturated rings. The van der Waals surface area contributed by atoms with E-state index >= 15 is 0 Å². The third-order valence-corrected chi connectivity index (χ3v) is 0.718. The predicted octanol–water partition coefficient (Wildman–Crippen LogP) is 0.438. The van der Waals surface area contributed by atoms with Crippen LogP contribution in [0, 0.1) is 0 Å². The van der Waals surface area contributed by atoms with Gasteiger partial charge in [0.05, 0.1) is 5.70 Å². The summed E-state index contributed by atoms with van der Waals surface area (Å²) in [5, 5.41) is 0. The van der Waals surface area contributed by atoms with Crippen molar-refractivity contribution >= 4 is 5.78 Å². The summed E-state index contributed by atoms with van der Waals surface area (Å²) >= 11 is 0. The van der Waals surface area contributed by atoms with E-state index in [0.29, 0.717) is 5.70 Å². The van der Waals surface area contributed by atoms with E-state index in [1.807, 2.05) is 0 Å². The maximum Gasteiger partial charge on any atom is 0.175 e. The maximum absolute atomic E-state index is 10.2. The molecule has 0 aliphatic heterocycles. The molecule has 7 heavy (non-hydrogen) atoms. The highest BCUT2D eigenvalue weighted by molar-refractivity contribution is 5.92. The van der Waals surface area contributed by atoms with Gasteiger partial charge in [-0.1, -0.05) is 6.08 Å². The largest absolute Gasteiger partial charge is 0.396 e. The smallest absolute Gasteiger partial charge is 0.175 e. The molecule has 0 spiro atoms. The van der Waals surface area contributed by atoms with Crippen molar-refractivity contribution in [3.63, 3.8) is 0 Å². The Morgan fingerprint density at radius 1 is 1.71 bits per heavy atom. The molecule has 0 saturated carbocycles. The molecule has 40 valence electrons. The van der Waals surface area contributed by atoms with Gasteiger partial charge in [-0.2, -0.15) is 0 Å². The summed E-state index contributed by atoms with van der Waals surface area (Å²) < 4.78 is 0. The summed E-state index contributed by atoms with van der Waals surface area (Å²) in [7, 11) is 0. The number of ketones is 1. The van der Waals surface area contributed by atoms with Crippen molar-refractivity contribution in [3.8, 4) is 0 Å². The predicted molar refractivity (Wildman–Crippen MR) is 28.6 cm³/mol. The molecule has 2 heteroatoms. The Labute approximate surface area is 43.0 Å². The zero-order chi connectivity index (χ0) is 5.86. The van der Waals surface area contributed by atoms with Crippen LogP contribution in [0.4, 0.5) is 0 Å². The lowest BCUT2D eigenvalue weighted by Crippen LogP contribution is -2.05. The second-order valence-corrected chi connectivity index (χ2v) is 1.30. The van der Waals surface area contributed by atoms with Gasteiger partial charge in [0.1, 0.15) is 0 Å². The fraction of sp³-hybridized carbons (Fsp3) is 0.400. The number of rotatable bonds is 1. The van der Waals surface area contributed by atoms with Gasteiger partial charge in [-0.3, -0.25) is 4.79 Å². The molecule has 0 aliphatic rings. The average Bonchev–Trinajstić information content (AvgIpc) is 1.65. The second-order valence-electron chi connectivity index (χ2n) is 1.30. The molecule has 0 amide bonds. The maximum atomic E-state index is 10.2. The molecule has 0 atom stereocenters. The molecule has 0 rings (SSSR count). The fourth-order valence-electron chi connectivity index (χ4n) is 0.203. The van der Waals surface area contributed by atoms with Crippen molar-refractivity contribution in [3.05, 3.63) is 11.8 Å². The van der Waals surface area contributed by atoms with Crippen LogP contribution in [-0.4, -0.2) is 5.78 Å². The summed E-state index contributed by atoms with van der Waals surface area (Å²) in [6.45, 7) is 3.17. The van der Waals surface area contributed by atoms with E-state index in [0.717, 1.165) is 0 Å². The van der Waals surface area contributed by atoms with Gasteiger partial charge in [0.2, 0.25) is 0 Å². The van der Waals surface area contributed by atoms with Crippen LogP contribution < -0.4 is 5.73 Å². The molecule has 2 nitrogen and oxygen atoms in total. The van der Waals surface area contributed by atoms with Gasteiger partial charge >= 0.3 is 0 Å². The highest BCUT2D eigenvalue weighted by Crippen LogP contribution is 1.81. The van der Waals surface area contributed by atoms with Crippen LogP contribution >= 0.6 is 0 Å². The third kappa shape index (κ3) is 1.98. The molecular weight excluding hydrogens is 90.1 g/mol.